The van der Waals surface area contributed by atoms with Crippen molar-refractivity contribution in [3.8, 4) is 0 Å². The van der Waals surface area contributed by atoms with Crippen molar-refractivity contribution in [2.45, 2.75) is 19.3 Å². The molecule has 1 rings (SSSR count). The molecule has 3 N–H and O–H groups in total. The number of aliphatic hydroxyl groups excluding tert-OH is 1. The van der Waals surface area contributed by atoms with Crippen LogP contribution in [0.3, 0.4) is 0 Å². The van der Waals surface area contributed by atoms with Gasteiger partial charge in [0.25, 0.3) is 0 Å². The molecule has 0 aliphatic rings. The number of rotatable bonds is 6. The molecule has 0 fully saturated rings. The second-order valence-corrected chi connectivity index (χ2v) is 4.96. The fraction of sp³-hybridized carbons (Fsp3) is 0.385. The van der Waals surface area contributed by atoms with E-state index >= 15 is 0 Å². The molecule has 0 aromatic heterocycles. The third-order valence-corrected chi connectivity index (χ3v) is 3.07. The van der Waals surface area contributed by atoms with Crippen LogP contribution in [0.25, 0.3) is 0 Å². The van der Waals surface area contributed by atoms with Gasteiger partial charge in [0.2, 0.25) is 0 Å². The number of nitrogens with one attached hydrogen (secondary N) is 2. The summed E-state index contributed by atoms with van der Waals surface area (Å²) in [6.07, 6.45) is 2.18. The van der Waals surface area contributed by atoms with Crippen LogP contribution in [0, 0.1) is 0 Å². The van der Waals surface area contributed by atoms with Gasteiger partial charge in [0, 0.05) is 18.2 Å². The van der Waals surface area contributed by atoms with E-state index in [0.29, 0.717) is 35.1 Å². The summed E-state index contributed by atoms with van der Waals surface area (Å²) in [5, 5.41) is 14.2. The summed E-state index contributed by atoms with van der Waals surface area (Å²) in [7, 11) is 0. The minimum atomic E-state index is -0.795. The van der Waals surface area contributed by atoms with Gasteiger partial charge in [0.05, 0.1) is 10.7 Å². The molecule has 20 heavy (non-hydrogen) atoms. The standard InChI is InChI=1S/C13H16Cl2N2O3/c14-9-4-5-10(15)11(8-9)17-13(20)12(19)16-6-2-1-3-7-18/h4-5,8,18H,1-3,6-7H2,(H,16,19)(H,17,20). The van der Waals surface area contributed by atoms with Gasteiger partial charge in [0.1, 0.15) is 0 Å². The molecule has 0 radical (unpaired) electrons. The Morgan fingerprint density at radius 1 is 1.10 bits per heavy atom. The first-order valence-corrected chi connectivity index (χ1v) is 6.95. The van der Waals surface area contributed by atoms with Gasteiger partial charge in [-0.15, -0.1) is 0 Å². The molecule has 110 valence electrons. The topological polar surface area (TPSA) is 78.4 Å². The molecule has 7 heteroatoms. The average molecular weight is 319 g/mol. The van der Waals surface area contributed by atoms with Crippen LogP contribution in [-0.2, 0) is 9.59 Å². The Bertz CT molecular complexity index is 481. The summed E-state index contributed by atoms with van der Waals surface area (Å²) in [5.74, 6) is -1.53. The zero-order valence-corrected chi connectivity index (χ0v) is 12.3. The summed E-state index contributed by atoms with van der Waals surface area (Å²) >= 11 is 11.7. The Hall–Kier alpha value is -1.30. The zero-order valence-electron chi connectivity index (χ0n) is 10.8. The van der Waals surface area contributed by atoms with E-state index in [2.05, 4.69) is 10.6 Å². The lowest BCUT2D eigenvalue weighted by Gasteiger charge is -2.08. The Labute approximate surface area is 127 Å². The van der Waals surface area contributed by atoms with E-state index in [1.165, 1.54) is 12.1 Å². The Morgan fingerprint density at radius 2 is 1.85 bits per heavy atom. The van der Waals surface area contributed by atoms with Crippen LogP contribution in [0.1, 0.15) is 19.3 Å². The van der Waals surface area contributed by atoms with Crippen LogP contribution in [0.4, 0.5) is 5.69 Å². The molecule has 0 bridgehead atoms. The first kappa shape index (κ1) is 16.8. The van der Waals surface area contributed by atoms with Gasteiger partial charge in [0.15, 0.2) is 0 Å². The Morgan fingerprint density at radius 3 is 2.55 bits per heavy atom. The number of halogens is 2. The summed E-state index contributed by atoms with van der Waals surface area (Å²) in [6, 6.07) is 4.59. The van der Waals surface area contributed by atoms with Crippen molar-refractivity contribution < 1.29 is 14.7 Å². The van der Waals surface area contributed by atoms with E-state index in [9.17, 15) is 9.59 Å². The van der Waals surface area contributed by atoms with Gasteiger partial charge in [-0.3, -0.25) is 9.59 Å². The maximum Gasteiger partial charge on any atom is 0.313 e. The number of anilines is 1. The molecule has 0 saturated carbocycles. The smallest absolute Gasteiger partial charge is 0.313 e. The van der Waals surface area contributed by atoms with Crippen molar-refractivity contribution >= 4 is 40.7 Å². The minimum absolute atomic E-state index is 0.127. The number of unbranched alkanes of at least 4 members (excludes halogenated alkanes) is 2. The SMILES string of the molecule is O=C(NCCCCCO)C(=O)Nc1cc(Cl)ccc1Cl. The van der Waals surface area contributed by atoms with Crippen LogP contribution in [0.2, 0.25) is 10.0 Å². The lowest BCUT2D eigenvalue weighted by atomic mass is 10.2. The van der Waals surface area contributed by atoms with Crippen LogP contribution >= 0.6 is 23.2 Å². The van der Waals surface area contributed by atoms with E-state index in [1.54, 1.807) is 6.07 Å². The van der Waals surface area contributed by atoms with Crippen molar-refractivity contribution in [3.05, 3.63) is 28.2 Å². The number of hydrogen-bond acceptors (Lipinski definition) is 3. The van der Waals surface area contributed by atoms with E-state index in [0.717, 1.165) is 6.42 Å². The van der Waals surface area contributed by atoms with Crippen molar-refractivity contribution in [2.24, 2.45) is 0 Å². The summed E-state index contributed by atoms with van der Waals surface area (Å²) in [6.45, 7) is 0.511. The van der Waals surface area contributed by atoms with Crippen LogP contribution in [0.15, 0.2) is 18.2 Å². The molecule has 0 aliphatic heterocycles. The van der Waals surface area contributed by atoms with Gasteiger partial charge in [-0.25, -0.2) is 0 Å². The number of benzene rings is 1. The maximum atomic E-state index is 11.6. The molecule has 0 spiro atoms. The van der Waals surface area contributed by atoms with Crippen LogP contribution < -0.4 is 10.6 Å². The predicted molar refractivity (Wildman–Crippen MR) is 79.0 cm³/mol. The van der Waals surface area contributed by atoms with E-state index < -0.39 is 11.8 Å². The highest BCUT2D eigenvalue weighted by Crippen LogP contribution is 2.25. The molecule has 1 aromatic rings. The lowest BCUT2D eigenvalue weighted by Crippen LogP contribution is -2.36. The van der Waals surface area contributed by atoms with Gasteiger partial charge in [-0.05, 0) is 37.5 Å². The molecule has 0 saturated heterocycles. The number of hydrogen-bond donors (Lipinski definition) is 3. The fourth-order valence-electron chi connectivity index (χ4n) is 1.47. The molecule has 2 amide bonds. The van der Waals surface area contributed by atoms with Crippen molar-refractivity contribution in [3.63, 3.8) is 0 Å². The molecule has 1 aromatic carbocycles. The highest BCUT2D eigenvalue weighted by molar-refractivity contribution is 6.42. The number of aliphatic hydroxyl groups is 1. The fourth-order valence-corrected chi connectivity index (χ4v) is 1.81. The van der Waals surface area contributed by atoms with E-state index in [1.807, 2.05) is 0 Å². The Balaban J connectivity index is 2.41. The van der Waals surface area contributed by atoms with Gasteiger partial charge in [-0.2, -0.15) is 0 Å². The number of carbonyl (C=O) groups excluding carboxylic acids is 2. The predicted octanol–water partition coefficient (Wildman–Crippen LogP) is 2.21. The molecule has 0 heterocycles. The van der Waals surface area contributed by atoms with E-state index in [-0.39, 0.29) is 6.61 Å². The first-order valence-electron chi connectivity index (χ1n) is 6.19. The molecule has 0 aliphatic carbocycles. The van der Waals surface area contributed by atoms with Gasteiger partial charge >= 0.3 is 11.8 Å². The molecular weight excluding hydrogens is 303 g/mol. The molecule has 5 nitrogen and oxygen atoms in total. The summed E-state index contributed by atoms with van der Waals surface area (Å²) < 4.78 is 0. The lowest BCUT2D eigenvalue weighted by molar-refractivity contribution is -0.136. The Kier molecular flexibility index (Phi) is 7.36. The highest BCUT2D eigenvalue weighted by atomic mass is 35.5. The number of amides is 2. The molecule has 0 unspecified atom stereocenters. The highest BCUT2D eigenvalue weighted by Gasteiger charge is 2.14. The molecular formula is C13H16Cl2N2O3. The van der Waals surface area contributed by atoms with Gasteiger partial charge < -0.3 is 15.7 Å². The van der Waals surface area contributed by atoms with E-state index in [4.69, 9.17) is 28.3 Å². The monoisotopic (exact) mass is 318 g/mol. The third kappa shape index (κ3) is 5.77. The number of carbonyl (C=O) groups is 2. The largest absolute Gasteiger partial charge is 0.396 e. The second kappa shape index (κ2) is 8.79. The maximum absolute atomic E-state index is 11.6. The van der Waals surface area contributed by atoms with Crippen LogP contribution in [0.5, 0.6) is 0 Å². The summed E-state index contributed by atoms with van der Waals surface area (Å²) in [5.41, 5.74) is 0.291. The van der Waals surface area contributed by atoms with Crippen LogP contribution in [-0.4, -0.2) is 30.1 Å². The van der Waals surface area contributed by atoms with Crippen molar-refractivity contribution in [1.82, 2.24) is 5.32 Å². The minimum Gasteiger partial charge on any atom is -0.396 e. The normalized spacial score (nSPS) is 10.2. The van der Waals surface area contributed by atoms with Gasteiger partial charge in [-0.1, -0.05) is 23.2 Å². The average Bonchev–Trinajstić information content (AvgIpc) is 2.42. The molecule has 0 atom stereocenters. The summed E-state index contributed by atoms with van der Waals surface area (Å²) in [4.78, 5) is 23.2. The first-order chi connectivity index (χ1) is 9.54. The van der Waals surface area contributed by atoms with Crippen molar-refractivity contribution in [2.75, 3.05) is 18.5 Å². The second-order valence-electron chi connectivity index (χ2n) is 4.12. The van der Waals surface area contributed by atoms with Crippen molar-refractivity contribution in [1.29, 1.82) is 0 Å². The third-order valence-electron chi connectivity index (χ3n) is 2.50. The zero-order chi connectivity index (χ0) is 15.0. The quantitative estimate of drug-likeness (QED) is 0.556.